The first kappa shape index (κ1) is 18.9. The number of nitriles is 2. The molecule has 0 spiro atoms. The van der Waals surface area contributed by atoms with E-state index in [0.29, 0.717) is 17.2 Å². The maximum atomic E-state index is 10.8. The molecule has 0 unspecified atom stereocenters. The molecule has 9 nitrogen and oxygen atoms in total. The fourth-order valence-electron chi connectivity index (χ4n) is 1.52. The summed E-state index contributed by atoms with van der Waals surface area (Å²) in [5, 5.41) is 36.2. The second-order valence-corrected chi connectivity index (χ2v) is 7.61. The van der Waals surface area contributed by atoms with Crippen molar-refractivity contribution in [1.29, 1.82) is 10.5 Å². The van der Waals surface area contributed by atoms with E-state index in [-0.39, 0.29) is 0 Å². The molecule has 0 amide bonds. The van der Waals surface area contributed by atoms with Gasteiger partial charge in [-0.15, -0.1) is 0 Å². The van der Waals surface area contributed by atoms with Crippen LogP contribution in [-0.4, -0.2) is 32.4 Å². The summed E-state index contributed by atoms with van der Waals surface area (Å²) in [4.78, 5) is 9.39. The topological polar surface area (TPSA) is 168 Å². The molecule has 0 aliphatic rings. The van der Waals surface area contributed by atoms with Gasteiger partial charge in [-0.2, -0.15) is 10.5 Å². The number of aromatic hydroxyl groups is 1. The van der Waals surface area contributed by atoms with Crippen molar-refractivity contribution in [1.82, 2.24) is 0 Å². The van der Waals surface area contributed by atoms with Crippen molar-refractivity contribution in [2.75, 3.05) is 0 Å². The molecule has 3 N–H and O–H groups in total. The summed E-state index contributed by atoms with van der Waals surface area (Å²) in [6, 6.07) is 13.1. The van der Waals surface area contributed by atoms with Crippen LogP contribution in [0.3, 0.4) is 0 Å². The minimum atomic E-state index is -5.13. The first-order chi connectivity index (χ1) is 11.2. The van der Waals surface area contributed by atoms with Gasteiger partial charge in [-0.25, -0.2) is 0 Å². The van der Waals surface area contributed by atoms with Gasteiger partial charge in [-0.3, -0.25) is 0 Å². The number of phenolic OH excluding ortho intramolecular Hbond substituents is 1. The van der Waals surface area contributed by atoms with Crippen LogP contribution in [0.5, 0.6) is 5.75 Å². The zero-order valence-corrected chi connectivity index (χ0v) is 13.8. The first-order valence-corrected chi connectivity index (χ1v) is 9.51. The third-order valence-corrected chi connectivity index (χ3v) is 4.66. The molecule has 2 rings (SSSR count). The van der Waals surface area contributed by atoms with E-state index in [4.69, 9.17) is 23.8 Å². The molecule has 24 heavy (non-hydrogen) atoms. The molecule has 0 fully saturated rings. The van der Waals surface area contributed by atoms with E-state index in [1.165, 1.54) is 0 Å². The van der Waals surface area contributed by atoms with E-state index >= 15 is 0 Å². The Labute approximate surface area is 138 Å². The zero-order chi connectivity index (χ0) is 18.3. The average molecular weight is 391 g/mol. The average Bonchev–Trinajstić information content (AvgIpc) is 2.54. The van der Waals surface area contributed by atoms with E-state index in [1.807, 2.05) is 12.1 Å². The first-order valence-electron chi connectivity index (χ1n) is 6.13. The quantitative estimate of drug-likeness (QED) is 0.373. The molecule has 10 heteroatoms. The van der Waals surface area contributed by atoms with Gasteiger partial charge in [0.15, 0.2) is 0 Å². The van der Waals surface area contributed by atoms with Crippen molar-refractivity contribution >= 4 is 24.2 Å². The molecule has 0 saturated carbocycles. The van der Waals surface area contributed by atoms with Crippen LogP contribution in [0, 0.1) is 32.8 Å². The Morgan fingerprint density at radius 3 is 1.92 bits per heavy atom. The standard InChI is InChI=1S/C8H4N2.C6H6AsNO6/c9-5-7-3-1-2-4-8(7)6-10;9-6-2-1-4(7(10,11)12)3-5(6)8(13)14/h1-4H;1-3,9H,(H2,10,11,12). The number of benzene rings is 2. The zero-order valence-electron chi connectivity index (χ0n) is 11.9. The fourth-order valence-corrected chi connectivity index (χ4v) is 2.69. The van der Waals surface area contributed by atoms with Gasteiger partial charge in [0.05, 0.1) is 11.1 Å². The summed E-state index contributed by atoms with van der Waals surface area (Å²) in [6.07, 6.45) is 0. The molecule has 0 bridgehead atoms. The maximum absolute atomic E-state index is 10.8. The molecule has 0 heterocycles. The van der Waals surface area contributed by atoms with Gasteiger partial charge >= 0.3 is 80.2 Å². The molecule has 0 aliphatic heterocycles. The Bertz CT molecular complexity index is 861. The predicted molar refractivity (Wildman–Crippen MR) is 81.1 cm³/mol. The number of nitro benzene ring substituents is 1. The Morgan fingerprint density at radius 2 is 1.54 bits per heavy atom. The Hall–Kier alpha value is -3.10. The molecule has 0 aliphatic carbocycles. The summed E-state index contributed by atoms with van der Waals surface area (Å²) >= 11 is -5.13. The fraction of sp³-hybridized carbons (Fsp3) is 0. The van der Waals surface area contributed by atoms with Crippen LogP contribution in [0.2, 0.25) is 0 Å². The van der Waals surface area contributed by atoms with Crippen molar-refractivity contribution in [3.05, 3.63) is 63.7 Å². The number of rotatable bonds is 2. The molecule has 0 radical (unpaired) electrons. The van der Waals surface area contributed by atoms with Gasteiger partial charge in [0.1, 0.15) is 12.1 Å². The summed E-state index contributed by atoms with van der Waals surface area (Å²) < 4.78 is 27.8. The van der Waals surface area contributed by atoms with Crippen LogP contribution in [0.1, 0.15) is 11.1 Å². The normalized spacial score (nSPS) is 9.83. The van der Waals surface area contributed by atoms with Crippen LogP contribution >= 0.6 is 0 Å². The molecular weight excluding hydrogens is 381 g/mol. The molecule has 0 aromatic heterocycles. The van der Waals surface area contributed by atoms with Crippen molar-refractivity contribution in [2.24, 2.45) is 0 Å². The van der Waals surface area contributed by atoms with Gasteiger partial charge in [0.2, 0.25) is 0 Å². The van der Waals surface area contributed by atoms with E-state index in [0.717, 1.165) is 12.1 Å². The number of nitrogens with zero attached hydrogens (tertiary/aromatic N) is 3. The van der Waals surface area contributed by atoms with Crippen LogP contribution in [0.15, 0.2) is 42.5 Å². The summed E-state index contributed by atoms with van der Waals surface area (Å²) in [6.45, 7) is 0. The van der Waals surface area contributed by atoms with Crippen molar-refractivity contribution < 1.29 is 22.0 Å². The summed E-state index contributed by atoms with van der Waals surface area (Å²) in [5.74, 6) is -0.622. The van der Waals surface area contributed by atoms with Gasteiger partial charge in [-0.1, -0.05) is 12.1 Å². The third kappa shape index (κ3) is 4.97. The Kier molecular flexibility index (Phi) is 6.28. The Morgan fingerprint density at radius 1 is 1.04 bits per heavy atom. The molecule has 2 aromatic rings. The van der Waals surface area contributed by atoms with Gasteiger partial charge in [0.25, 0.3) is 0 Å². The number of hydrogen-bond donors (Lipinski definition) is 3. The summed E-state index contributed by atoms with van der Waals surface area (Å²) in [5.41, 5.74) is 0.155. The third-order valence-electron chi connectivity index (χ3n) is 2.66. The van der Waals surface area contributed by atoms with E-state index in [9.17, 15) is 13.9 Å². The number of hydrogen-bond acceptors (Lipinski definition) is 6. The SMILES string of the molecule is N#Cc1ccccc1C#N.O=[N+]([O-])c1cc([As](=O)(O)O)ccc1O. The molecule has 0 saturated heterocycles. The van der Waals surface area contributed by atoms with Crippen molar-refractivity contribution in [3.63, 3.8) is 0 Å². The van der Waals surface area contributed by atoms with E-state index in [1.54, 1.807) is 24.3 Å². The van der Waals surface area contributed by atoms with E-state index < -0.39 is 34.9 Å². The summed E-state index contributed by atoms with van der Waals surface area (Å²) in [7, 11) is 0. The second kappa shape index (κ2) is 7.95. The Balaban J connectivity index is 0.000000254. The van der Waals surface area contributed by atoms with Crippen LogP contribution < -0.4 is 4.35 Å². The number of phenols is 1. The van der Waals surface area contributed by atoms with Crippen molar-refractivity contribution in [2.45, 2.75) is 0 Å². The van der Waals surface area contributed by atoms with Crippen LogP contribution in [-0.2, 0) is 3.74 Å². The predicted octanol–water partition coefficient (Wildman–Crippen LogP) is 0.291. The van der Waals surface area contributed by atoms with Crippen molar-refractivity contribution in [3.8, 4) is 17.9 Å². The number of nitro groups is 1. The molecule has 122 valence electrons. The minimum absolute atomic E-state index is 0.435. The molecular formula is C14H10AsN3O6. The molecule has 0 atom stereocenters. The van der Waals surface area contributed by atoms with Crippen LogP contribution in [0.4, 0.5) is 5.69 Å². The second-order valence-electron chi connectivity index (χ2n) is 4.24. The molecule has 2 aromatic carbocycles. The van der Waals surface area contributed by atoms with Crippen LogP contribution in [0.25, 0.3) is 0 Å². The van der Waals surface area contributed by atoms with Gasteiger partial charge < -0.3 is 0 Å². The van der Waals surface area contributed by atoms with Gasteiger partial charge in [-0.05, 0) is 12.1 Å². The van der Waals surface area contributed by atoms with Gasteiger partial charge in [0, 0.05) is 0 Å². The monoisotopic (exact) mass is 391 g/mol. The van der Waals surface area contributed by atoms with E-state index in [2.05, 4.69) is 0 Å².